The standard InChI is InChI=1S/C32H28BO12/c1-38-25-13-5-21(6-14-25)29(34)42-33(43-30(35)22-7-15-26(39-2)16-8-22,44-31(36)23-9-17-27(40-3)18-10-23)45-32(37)24-11-19-28(41-4)20-12-24/h5-20H,1-4H3/q-1. The van der Waals surface area contributed by atoms with E-state index in [1.54, 1.807) is 0 Å². The zero-order chi connectivity index (χ0) is 32.4. The first-order valence-corrected chi connectivity index (χ1v) is 13.3. The van der Waals surface area contributed by atoms with Crippen molar-refractivity contribution in [3.05, 3.63) is 119 Å². The number of rotatable bonds is 12. The number of hydrogen-bond donors (Lipinski definition) is 0. The second-order valence-corrected chi connectivity index (χ2v) is 9.11. The minimum Gasteiger partial charge on any atom is -0.581 e. The fourth-order valence-electron chi connectivity index (χ4n) is 3.85. The quantitative estimate of drug-likeness (QED) is 0.200. The highest BCUT2D eigenvalue weighted by Gasteiger charge is 2.49. The molecule has 0 aromatic heterocycles. The molecule has 0 saturated carbocycles. The van der Waals surface area contributed by atoms with Crippen molar-refractivity contribution in [2.75, 3.05) is 28.4 Å². The normalized spacial score (nSPS) is 10.6. The van der Waals surface area contributed by atoms with E-state index in [0.29, 0.717) is 23.0 Å². The molecule has 0 aliphatic heterocycles. The van der Waals surface area contributed by atoms with Crippen molar-refractivity contribution < 1.29 is 56.7 Å². The first-order chi connectivity index (χ1) is 21.7. The number of ether oxygens (including phenoxy) is 4. The first-order valence-electron chi connectivity index (χ1n) is 13.3. The van der Waals surface area contributed by atoms with Gasteiger partial charge in [0, 0.05) is 0 Å². The van der Waals surface area contributed by atoms with Crippen LogP contribution in [-0.4, -0.2) is 59.3 Å². The van der Waals surface area contributed by atoms with Crippen molar-refractivity contribution in [2.24, 2.45) is 0 Å². The van der Waals surface area contributed by atoms with Gasteiger partial charge in [0.2, 0.25) is 0 Å². The second-order valence-electron chi connectivity index (χ2n) is 9.11. The van der Waals surface area contributed by atoms with Crippen molar-refractivity contribution in [1.29, 1.82) is 0 Å². The zero-order valence-corrected chi connectivity index (χ0v) is 24.7. The van der Waals surface area contributed by atoms with Crippen LogP contribution < -0.4 is 18.9 Å². The predicted octanol–water partition coefficient (Wildman–Crippen LogP) is 4.88. The van der Waals surface area contributed by atoms with Gasteiger partial charge in [0.25, 0.3) is 23.9 Å². The Balaban J connectivity index is 1.77. The Hall–Kier alpha value is -5.98. The Morgan fingerprint density at radius 2 is 0.533 bits per heavy atom. The van der Waals surface area contributed by atoms with Gasteiger partial charge in [-0.25, -0.2) is 0 Å². The van der Waals surface area contributed by atoms with Gasteiger partial charge in [-0.3, -0.25) is 19.2 Å². The summed E-state index contributed by atoms with van der Waals surface area (Å²) in [6.07, 6.45) is 0. The van der Waals surface area contributed by atoms with Crippen molar-refractivity contribution >= 4 is 30.8 Å². The van der Waals surface area contributed by atoms with Crippen LogP contribution in [0.4, 0.5) is 0 Å². The van der Waals surface area contributed by atoms with E-state index in [1.807, 2.05) is 0 Å². The minimum absolute atomic E-state index is 0.0662. The first kappa shape index (κ1) is 31.9. The third kappa shape index (κ3) is 8.11. The molecule has 13 heteroatoms. The highest BCUT2D eigenvalue weighted by atomic mass is 16.9. The van der Waals surface area contributed by atoms with E-state index in [0.717, 1.165) is 0 Å². The lowest BCUT2D eigenvalue weighted by atomic mass is 10.0. The van der Waals surface area contributed by atoms with E-state index in [9.17, 15) is 19.2 Å². The summed E-state index contributed by atoms with van der Waals surface area (Å²) >= 11 is 0. The lowest BCUT2D eigenvalue weighted by Crippen LogP contribution is -2.54. The highest BCUT2D eigenvalue weighted by Crippen LogP contribution is 2.24. The molecule has 0 unspecified atom stereocenters. The zero-order valence-electron chi connectivity index (χ0n) is 24.7. The Labute approximate surface area is 258 Å². The molecule has 0 radical (unpaired) electrons. The van der Waals surface area contributed by atoms with E-state index in [1.165, 1.54) is 126 Å². The van der Waals surface area contributed by atoms with Crippen molar-refractivity contribution in [1.82, 2.24) is 0 Å². The van der Waals surface area contributed by atoms with Crippen LogP contribution >= 0.6 is 0 Å². The number of benzene rings is 4. The molecule has 12 nitrogen and oxygen atoms in total. The smallest absolute Gasteiger partial charge is 0.581 e. The summed E-state index contributed by atoms with van der Waals surface area (Å²) in [5, 5.41) is 0. The Morgan fingerprint density at radius 1 is 0.356 bits per heavy atom. The molecule has 232 valence electrons. The van der Waals surface area contributed by atoms with E-state index >= 15 is 0 Å². The molecule has 45 heavy (non-hydrogen) atoms. The van der Waals surface area contributed by atoms with E-state index in [4.69, 9.17) is 37.6 Å². The van der Waals surface area contributed by atoms with E-state index in [2.05, 4.69) is 0 Å². The molecule has 0 N–H and O–H groups in total. The van der Waals surface area contributed by atoms with Gasteiger partial charge in [0.15, 0.2) is 0 Å². The Morgan fingerprint density at radius 3 is 0.689 bits per heavy atom. The highest BCUT2D eigenvalue weighted by molar-refractivity contribution is 6.62. The summed E-state index contributed by atoms with van der Waals surface area (Å²) in [5.41, 5.74) is -0.265. The van der Waals surface area contributed by atoms with Crippen molar-refractivity contribution in [2.45, 2.75) is 0 Å². The molecule has 0 aliphatic rings. The Kier molecular flexibility index (Phi) is 10.3. The molecule has 0 heterocycles. The molecule has 0 fully saturated rings. The molecule has 4 rings (SSSR count). The molecule has 4 aromatic carbocycles. The molecule has 0 aliphatic carbocycles. The van der Waals surface area contributed by atoms with Crippen LogP contribution in [0.25, 0.3) is 0 Å². The third-order valence-electron chi connectivity index (χ3n) is 6.31. The Bertz CT molecular complexity index is 1380. The summed E-state index contributed by atoms with van der Waals surface area (Å²) in [5.74, 6) is -2.85. The predicted molar refractivity (Wildman–Crippen MR) is 159 cm³/mol. The maximum absolute atomic E-state index is 13.4. The van der Waals surface area contributed by atoms with Gasteiger partial charge in [-0.05, 0) is 97.1 Å². The lowest BCUT2D eigenvalue weighted by molar-refractivity contribution is -0.00328. The van der Waals surface area contributed by atoms with E-state index < -0.39 is 30.8 Å². The fraction of sp³-hybridized carbons (Fsp3) is 0.125. The van der Waals surface area contributed by atoms with Crippen LogP contribution in [0.5, 0.6) is 23.0 Å². The second kappa shape index (κ2) is 14.5. The van der Waals surface area contributed by atoms with Gasteiger partial charge in [-0.1, -0.05) is 0 Å². The summed E-state index contributed by atoms with van der Waals surface area (Å²) in [7, 11) is 5.77. The molecule has 0 atom stereocenters. The van der Waals surface area contributed by atoms with Gasteiger partial charge in [0.1, 0.15) is 23.0 Å². The van der Waals surface area contributed by atoms with Crippen LogP contribution in [0.15, 0.2) is 97.1 Å². The third-order valence-corrected chi connectivity index (χ3v) is 6.31. The summed E-state index contributed by atoms with van der Waals surface area (Å²) in [6, 6.07) is 22.6. The molecule has 0 spiro atoms. The summed E-state index contributed by atoms with van der Waals surface area (Å²) in [4.78, 5) is 53.6. The van der Waals surface area contributed by atoms with Crippen LogP contribution in [-0.2, 0) is 18.6 Å². The molecular formula is C32H28BO12-. The number of hydrogen-bond acceptors (Lipinski definition) is 12. The maximum atomic E-state index is 13.4. The lowest BCUT2D eigenvalue weighted by Gasteiger charge is -2.38. The number of carbonyl (C=O) groups excluding carboxylic acids is 4. The van der Waals surface area contributed by atoms with E-state index in [-0.39, 0.29) is 22.3 Å². The van der Waals surface area contributed by atoms with Crippen molar-refractivity contribution in [3.63, 3.8) is 0 Å². The average Bonchev–Trinajstić information content (AvgIpc) is 3.08. The summed E-state index contributed by atoms with van der Waals surface area (Å²) < 4.78 is 42.4. The molecule has 0 saturated heterocycles. The maximum Gasteiger partial charge on any atom is 0.785 e. The van der Waals surface area contributed by atoms with Gasteiger partial charge < -0.3 is 37.6 Å². The van der Waals surface area contributed by atoms with Crippen LogP contribution in [0.3, 0.4) is 0 Å². The van der Waals surface area contributed by atoms with Gasteiger partial charge >= 0.3 is 6.96 Å². The SMILES string of the molecule is COc1ccc(C(=O)O[B-](OC(=O)c2ccc(OC)cc2)(OC(=O)c2ccc(OC)cc2)OC(=O)c2ccc(OC)cc2)cc1. The topological polar surface area (TPSA) is 142 Å². The fourth-order valence-corrected chi connectivity index (χ4v) is 3.85. The molecular weight excluding hydrogens is 587 g/mol. The van der Waals surface area contributed by atoms with Crippen molar-refractivity contribution in [3.8, 4) is 23.0 Å². The largest absolute Gasteiger partial charge is 0.785 e. The number of methoxy groups -OCH3 is 4. The minimum atomic E-state index is -4.27. The average molecular weight is 615 g/mol. The van der Waals surface area contributed by atoms with Gasteiger partial charge in [-0.2, -0.15) is 0 Å². The van der Waals surface area contributed by atoms with Crippen LogP contribution in [0.1, 0.15) is 41.4 Å². The van der Waals surface area contributed by atoms with Gasteiger partial charge in [-0.15, -0.1) is 0 Å². The number of carbonyl (C=O) groups is 4. The molecule has 4 aromatic rings. The van der Waals surface area contributed by atoms with Crippen LogP contribution in [0, 0.1) is 0 Å². The molecule has 0 bridgehead atoms. The van der Waals surface area contributed by atoms with Crippen LogP contribution in [0.2, 0.25) is 0 Å². The summed E-state index contributed by atoms with van der Waals surface area (Å²) in [6.45, 7) is -4.27. The van der Waals surface area contributed by atoms with Gasteiger partial charge in [0.05, 0.1) is 50.7 Å². The monoisotopic (exact) mass is 615 g/mol. The molecule has 0 amide bonds.